The van der Waals surface area contributed by atoms with Gasteiger partial charge in [-0.2, -0.15) is 0 Å². The standard InChI is InChI=1S/C27H24N4O5/c1-28(2)20-13-10-18(11-14-20)24-25(31(35)36)23-15-12-17-6-3-4-9-22(17)29(23)26(24)27(32)19-7-5-8-21(16-19)30(33)34/h3-16,23-26H,1-2H3/t23-,24+,25-,26+/m1/s1. The number of rotatable bonds is 6. The van der Waals surface area contributed by atoms with Gasteiger partial charge >= 0.3 is 0 Å². The first-order chi connectivity index (χ1) is 17.3. The molecule has 0 unspecified atom stereocenters. The molecule has 0 amide bonds. The van der Waals surface area contributed by atoms with Gasteiger partial charge in [-0.25, -0.2) is 0 Å². The van der Waals surface area contributed by atoms with Crippen LogP contribution in [0.25, 0.3) is 6.08 Å². The Balaban J connectivity index is 1.70. The van der Waals surface area contributed by atoms with Crippen molar-refractivity contribution in [3.8, 4) is 0 Å². The number of hydrogen-bond donors (Lipinski definition) is 0. The molecule has 0 N–H and O–H groups in total. The molecule has 3 aromatic rings. The summed E-state index contributed by atoms with van der Waals surface area (Å²) >= 11 is 0. The van der Waals surface area contributed by atoms with Crippen molar-refractivity contribution < 1.29 is 14.6 Å². The summed E-state index contributed by atoms with van der Waals surface area (Å²) < 4.78 is 0. The third-order valence-corrected chi connectivity index (χ3v) is 7.01. The van der Waals surface area contributed by atoms with Crippen molar-refractivity contribution in [2.45, 2.75) is 24.0 Å². The molecule has 1 fully saturated rings. The molecule has 5 rings (SSSR count). The monoisotopic (exact) mass is 484 g/mol. The highest BCUT2D eigenvalue weighted by Crippen LogP contribution is 2.47. The molecule has 0 aromatic heterocycles. The lowest BCUT2D eigenvalue weighted by Crippen LogP contribution is -2.44. The molecule has 36 heavy (non-hydrogen) atoms. The molecule has 0 spiro atoms. The van der Waals surface area contributed by atoms with Crippen LogP contribution in [0, 0.1) is 20.2 Å². The van der Waals surface area contributed by atoms with Gasteiger partial charge in [0.2, 0.25) is 6.04 Å². The van der Waals surface area contributed by atoms with Crippen LogP contribution in [0.5, 0.6) is 0 Å². The zero-order chi connectivity index (χ0) is 25.6. The van der Waals surface area contributed by atoms with Crippen molar-refractivity contribution in [2.24, 2.45) is 0 Å². The predicted molar refractivity (Wildman–Crippen MR) is 137 cm³/mol. The first-order valence-electron chi connectivity index (χ1n) is 11.5. The molecule has 2 heterocycles. The Hall–Kier alpha value is -4.53. The van der Waals surface area contributed by atoms with Crippen molar-refractivity contribution in [3.05, 3.63) is 116 Å². The number of non-ortho nitro benzene ring substituents is 1. The summed E-state index contributed by atoms with van der Waals surface area (Å²) in [7, 11) is 3.81. The number of hydrogen-bond acceptors (Lipinski definition) is 7. The molecule has 1 saturated heterocycles. The summed E-state index contributed by atoms with van der Waals surface area (Å²) in [4.78, 5) is 40.9. The zero-order valence-corrected chi connectivity index (χ0v) is 19.7. The molecule has 0 saturated carbocycles. The van der Waals surface area contributed by atoms with Crippen molar-refractivity contribution in [3.63, 3.8) is 0 Å². The molecule has 2 aliphatic heterocycles. The Morgan fingerprint density at radius 2 is 1.67 bits per heavy atom. The summed E-state index contributed by atoms with van der Waals surface area (Å²) in [6.45, 7) is 0. The molecule has 0 bridgehead atoms. The van der Waals surface area contributed by atoms with Crippen LogP contribution in [-0.2, 0) is 0 Å². The van der Waals surface area contributed by atoms with E-state index in [-0.39, 0.29) is 22.0 Å². The molecule has 4 atom stereocenters. The van der Waals surface area contributed by atoms with E-state index in [4.69, 9.17) is 0 Å². The highest BCUT2D eigenvalue weighted by Gasteiger charge is 2.59. The van der Waals surface area contributed by atoms with Crippen LogP contribution in [0.4, 0.5) is 17.1 Å². The topological polar surface area (TPSA) is 110 Å². The van der Waals surface area contributed by atoms with E-state index in [0.29, 0.717) is 5.56 Å². The molecule has 3 aromatic carbocycles. The number of fused-ring (bicyclic) bond motifs is 3. The van der Waals surface area contributed by atoms with Crippen molar-refractivity contribution in [2.75, 3.05) is 23.9 Å². The highest BCUT2D eigenvalue weighted by atomic mass is 16.6. The Labute approximate surface area is 207 Å². The summed E-state index contributed by atoms with van der Waals surface area (Å²) in [5.41, 5.74) is 3.14. The summed E-state index contributed by atoms with van der Waals surface area (Å²) in [6.07, 6.45) is 3.65. The Morgan fingerprint density at radius 1 is 0.944 bits per heavy atom. The van der Waals surface area contributed by atoms with Crippen molar-refractivity contribution in [1.82, 2.24) is 0 Å². The molecule has 0 radical (unpaired) electrons. The van der Waals surface area contributed by atoms with E-state index in [9.17, 15) is 25.0 Å². The number of carbonyl (C=O) groups excluding carboxylic acids is 1. The van der Waals surface area contributed by atoms with Crippen LogP contribution >= 0.6 is 0 Å². The van der Waals surface area contributed by atoms with Crippen LogP contribution < -0.4 is 9.80 Å². The summed E-state index contributed by atoms with van der Waals surface area (Å²) in [5, 5.41) is 23.9. The molecule has 2 aliphatic rings. The number of ketones is 1. The second-order valence-electron chi connectivity index (χ2n) is 9.22. The first kappa shape index (κ1) is 23.2. The van der Waals surface area contributed by atoms with Gasteiger partial charge in [-0.05, 0) is 29.3 Å². The maximum Gasteiger partial charge on any atom is 0.270 e. The Bertz CT molecular complexity index is 1380. The van der Waals surface area contributed by atoms with Crippen LogP contribution in [-0.4, -0.2) is 47.9 Å². The number of Topliss-reactive ketones (excluding diaryl/α,β-unsaturated/α-hetero) is 1. The van der Waals surface area contributed by atoms with E-state index in [0.717, 1.165) is 16.9 Å². The van der Waals surface area contributed by atoms with E-state index in [2.05, 4.69) is 0 Å². The van der Waals surface area contributed by atoms with E-state index < -0.39 is 29.0 Å². The van der Waals surface area contributed by atoms with Crippen LogP contribution in [0.2, 0.25) is 0 Å². The number of para-hydroxylation sites is 1. The average molecular weight is 485 g/mol. The highest BCUT2D eigenvalue weighted by molar-refractivity contribution is 6.04. The lowest BCUT2D eigenvalue weighted by Gasteiger charge is -2.34. The fraction of sp³-hybridized carbons (Fsp3) is 0.222. The third kappa shape index (κ3) is 3.78. The first-order valence-corrected chi connectivity index (χ1v) is 11.5. The van der Waals surface area contributed by atoms with Gasteiger partial charge in [-0.3, -0.25) is 25.0 Å². The van der Waals surface area contributed by atoms with E-state index >= 15 is 0 Å². The van der Waals surface area contributed by atoms with Crippen molar-refractivity contribution >= 4 is 28.9 Å². The average Bonchev–Trinajstić information content (AvgIpc) is 3.24. The van der Waals surface area contributed by atoms with Crippen LogP contribution in [0.1, 0.15) is 27.4 Å². The van der Waals surface area contributed by atoms with E-state index in [1.165, 1.54) is 24.3 Å². The minimum absolute atomic E-state index is 0.152. The lowest BCUT2D eigenvalue weighted by molar-refractivity contribution is -0.524. The minimum atomic E-state index is -1.09. The van der Waals surface area contributed by atoms with Crippen molar-refractivity contribution in [1.29, 1.82) is 0 Å². The van der Waals surface area contributed by atoms with Gasteiger partial charge < -0.3 is 9.80 Å². The number of nitro benzene ring substituents is 1. The molecule has 9 heteroatoms. The van der Waals surface area contributed by atoms with E-state index in [1.807, 2.05) is 78.5 Å². The van der Waals surface area contributed by atoms with Crippen LogP contribution in [0.3, 0.4) is 0 Å². The van der Waals surface area contributed by atoms with Gasteiger partial charge in [0, 0.05) is 48.1 Å². The Kier molecular flexibility index (Phi) is 5.75. The molecular weight excluding hydrogens is 460 g/mol. The van der Waals surface area contributed by atoms with Gasteiger partial charge in [-0.15, -0.1) is 0 Å². The SMILES string of the molecule is CN(C)c1ccc([C@H]2[C@H]([N+](=O)[O-])[C@H]3C=Cc4ccccc4N3[C@@H]2C(=O)c2cccc([N+](=O)[O-])c2)cc1. The Morgan fingerprint density at radius 3 is 2.33 bits per heavy atom. The van der Waals surface area contributed by atoms with Crippen LogP contribution in [0.15, 0.2) is 78.9 Å². The largest absolute Gasteiger partial charge is 0.378 e. The fourth-order valence-corrected chi connectivity index (χ4v) is 5.37. The smallest absolute Gasteiger partial charge is 0.270 e. The number of nitrogens with zero attached hydrogens (tertiary/aromatic N) is 4. The maximum absolute atomic E-state index is 14.1. The van der Waals surface area contributed by atoms with Gasteiger partial charge in [0.25, 0.3) is 5.69 Å². The molecular formula is C27H24N4O5. The lowest BCUT2D eigenvalue weighted by atomic mass is 9.83. The number of carbonyl (C=O) groups is 1. The van der Waals surface area contributed by atoms with Gasteiger partial charge in [0.05, 0.1) is 10.8 Å². The minimum Gasteiger partial charge on any atom is -0.378 e. The second-order valence-corrected chi connectivity index (χ2v) is 9.22. The number of benzene rings is 3. The molecule has 182 valence electrons. The maximum atomic E-state index is 14.1. The normalized spacial score (nSPS) is 22.0. The van der Waals surface area contributed by atoms with E-state index in [1.54, 1.807) is 6.08 Å². The second kappa shape index (κ2) is 8.92. The number of nitro groups is 2. The van der Waals surface area contributed by atoms with Gasteiger partial charge in [-0.1, -0.05) is 54.6 Å². The summed E-state index contributed by atoms with van der Waals surface area (Å²) in [6, 6.07) is 17.8. The molecule has 0 aliphatic carbocycles. The fourth-order valence-electron chi connectivity index (χ4n) is 5.37. The number of anilines is 2. The molecule has 9 nitrogen and oxygen atoms in total. The zero-order valence-electron chi connectivity index (χ0n) is 19.7. The quantitative estimate of drug-likeness (QED) is 0.287. The third-order valence-electron chi connectivity index (χ3n) is 7.01. The van der Waals surface area contributed by atoms with Gasteiger partial charge in [0.1, 0.15) is 12.1 Å². The van der Waals surface area contributed by atoms with Gasteiger partial charge in [0.15, 0.2) is 5.78 Å². The predicted octanol–water partition coefficient (Wildman–Crippen LogP) is 4.56. The summed E-state index contributed by atoms with van der Waals surface area (Å²) in [5.74, 6) is -1.16.